The molecule has 1 atom stereocenters. The highest BCUT2D eigenvalue weighted by molar-refractivity contribution is 5.50. The number of aryl methyl sites for hydroxylation is 1. The normalized spacial score (nSPS) is 17.4. The third-order valence-corrected chi connectivity index (χ3v) is 3.26. The van der Waals surface area contributed by atoms with Gasteiger partial charge in [-0.25, -0.2) is 14.4 Å². The Balaban J connectivity index is 2.26. The van der Waals surface area contributed by atoms with E-state index in [4.69, 9.17) is 10.5 Å². The molecule has 0 spiro atoms. The first-order chi connectivity index (χ1) is 9.61. The predicted molar refractivity (Wildman–Crippen MR) is 67.8 cm³/mol. The molecule has 1 aromatic heterocycles. The Morgan fingerprint density at radius 1 is 1.45 bits per heavy atom. The minimum Gasteiger partial charge on any atom is -0.403 e. The number of H-pyrrole nitrogens is 2. The number of nitriles is 1. The standard InChI is InChI=1S/C14H11FN4O/c1-7-18-12-11(8-4-2-3-5-10(8)15)9(6-16)13(17)20-14(12)19-7/h2-5,11H,17H2,1H3,(H,18,19)/p+1. The van der Waals surface area contributed by atoms with Gasteiger partial charge in [0.25, 0.3) is 5.82 Å². The van der Waals surface area contributed by atoms with Gasteiger partial charge < -0.3 is 10.5 Å². The van der Waals surface area contributed by atoms with Crippen molar-refractivity contribution in [3.8, 4) is 11.9 Å². The van der Waals surface area contributed by atoms with Gasteiger partial charge in [0, 0.05) is 12.5 Å². The summed E-state index contributed by atoms with van der Waals surface area (Å²) < 4.78 is 19.4. The molecule has 2 heterocycles. The van der Waals surface area contributed by atoms with E-state index in [-0.39, 0.29) is 11.5 Å². The number of nitrogens with one attached hydrogen (secondary N) is 2. The molecule has 0 saturated carbocycles. The SMILES string of the molecule is Cc1[nH]c2c([nH+]1)OC(N)=C(C#N)C2c1ccccc1F. The molecule has 0 aliphatic carbocycles. The molecule has 1 aliphatic rings. The monoisotopic (exact) mass is 271 g/mol. The van der Waals surface area contributed by atoms with Crippen LogP contribution in [0.4, 0.5) is 4.39 Å². The Morgan fingerprint density at radius 3 is 2.90 bits per heavy atom. The number of aromatic amines is 2. The van der Waals surface area contributed by atoms with Crippen LogP contribution in [0.2, 0.25) is 0 Å². The molecule has 6 heteroatoms. The Hall–Kier alpha value is -2.81. The highest BCUT2D eigenvalue weighted by Crippen LogP contribution is 2.39. The third-order valence-electron chi connectivity index (χ3n) is 3.26. The van der Waals surface area contributed by atoms with Crippen molar-refractivity contribution in [1.82, 2.24) is 4.98 Å². The highest BCUT2D eigenvalue weighted by Gasteiger charge is 2.38. The molecule has 0 bridgehead atoms. The van der Waals surface area contributed by atoms with Crippen molar-refractivity contribution in [2.24, 2.45) is 5.73 Å². The van der Waals surface area contributed by atoms with Crippen molar-refractivity contribution in [2.45, 2.75) is 12.8 Å². The fraction of sp³-hybridized carbons (Fsp3) is 0.143. The average molecular weight is 271 g/mol. The first-order valence-corrected chi connectivity index (χ1v) is 6.05. The van der Waals surface area contributed by atoms with Crippen molar-refractivity contribution in [3.63, 3.8) is 0 Å². The molecule has 1 aliphatic heterocycles. The number of allylic oxidation sites excluding steroid dienone is 1. The molecule has 3 rings (SSSR count). The van der Waals surface area contributed by atoms with Crippen LogP contribution >= 0.6 is 0 Å². The molecule has 0 saturated heterocycles. The van der Waals surface area contributed by atoms with Gasteiger partial charge >= 0.3 is 5.88 Å². The summed E-state index contributed by atoms with van der Waals surface area (Å²) in [4.78, 5) is 6.04. The van der Waals surface area contributed by atoms with E-state index in [1.807, 2.05) is 13.0 Å². The van der Waals surface area contributed by atoms with Crippen LogP contribution in [-0.2, 0) is 0 Å². The lowest BCUT2D eigenvalue weighted by Gasteiger charge is -2.20. The predicted octanol–water partition coefficient (Wildman–Crippen LogP) is 1.49. The van der Waals surface area contributed by atoms with Crippen LogP contribution in [0, 0.1) is 24.1 Å². The van der Waals surface area contributed by atoms with Crippen molar-refractivity contribution in [1.29, 1.82) is 5.26 Å². The lowest BCUT2D eigenvalue weighted by molar-refractivity contribution is -0.399. The van der Waals surface area contributed by atoms with Crippen LogP contribution in [-0.4, -0.2) is 4.98 Å². The van der Waals surface area contributed by atoms with E-state index in [0.29, 0.717) is 17.1 Å². The van der Waals surface area contributed by atoms with Gasteiger partial charge in [-0.15, -0.1) is 0 Å². The van der Waals surface area contributed by atoms with Crippen LogP contribution in [0.25, 0.3) is 0 Å². The molecular formula is C14H12FN4O+. The smallest absolute Gasteiger partial charge is 0.333 e. The van der Waals surface area contributed by atoms with E-state index in [9.17, 15) is 9.65 Å². The van der Waals surface area contributed by atoms with E-state index in [1.54, 1.807) is 18.2 Å². The van der Waals surface area contributed by atoms with Crippen molar-refractivity contribution in [2.75, 3.05) is 0 Å². The topological polar surface area (TPSA) is 89.0 Å². The van der Waals surface area contributed by atoms with Gasteiger partial charge in [0.05, 0.1) is 5.92 Å². The van der Waals surface area contributed by atoms with Crippen LogP contribution in [0.1, 0.15) is 23.0 Å². The van der Waals surface area contributed by atoms with Crippen LogP contribution in [0.5, 0.6) is 5.88 Å². The number of benzene rings is 1. The molecular weight excluding hydrogens is 259 g/mol. The molecule has 100 valence electrons. The first kappa shape index (κ1) is 12.2. The summed E-state index contributed by atoms with van der Waals surface area (Å²) >= 11 is 0. The van der Waals surface area contributed by atoms with E-state index in [2.05, 4.69) is 9.97 Å². The summed E-state index contributed by atoms with van der Waals surface area (Å²) in [6.45, 7) is 1.81. The number of imidazole rings is 1. The molecule has 0 fully saturated rings. The summed E-state index contributed by atoms with van der Waals surface area (Å²) in [6.07, 6.45) is 0. The molecule has 1 aromatic carbocycles. The number of nitrogens with two attached hydrogens (primary N) is 1. The Labute approximate surface area is 114 Å². The quantitative estimate of drug-likeness (QED) is 0.823. The second-order valence-corrected chi connectivity index (χ2v) is 4.56. The lowest BCUT2D eigenvalue weighted by atomic mass is 9.87. The van der Waals surface area contributed by atoms with Gasteiger partial charge in [-0.1, -0.05) is 18.2 Å². The number of nitrogens with zero attached hydrogens (tertiary/aromatic N) is 1. The second-order valence-electron chi connectivity index (χ2n) is 4.56. The molecule has 5 nitrogen and oxygen atoms in total. The average Bonchev–Trinajstić information content (AvgIpc) is 2.78. The fourth-order valence-electron chi connectivity index (χ4n) is 2.40. The summed E-state index contributed by atoms with van der Waals surface area (Å²) in [5.74, 6) is 0.145. The zero-order chi connectivity index (χ0) is 14.3. The van der Waals surface area contributed by atoms with E-state index in [1.165, 1.54) is 6.07 Å². The summed E-state index contributed by atoms with van der Waals surface area (Å²) in [5, 5.41) is 9.30. The second kappa shape index (κ2) is 4.38. The largest absolute Gasteiger partial charge is 0.403 e. The third kappa shape index (κ3) is 1.72. The minimum atomic E-state index is -0.602. The number of halogens is 1. The maximum Gasteiger partial charge on any atom is 0.333 e. The van der Waals surface area contributed by atoms with Crippen molar-refractivity contribution >= 4 is 0 Å². The Bertz CT molecular complexity index is 757. The zero-order valence-electron chi connectivity index (χ0n) is 10.7. The minimum absolute atomic E-state index is 0.0106. The number of fused-ring (bicyclic) bond motifs is 1. The molecule has 0 amide bonds. The van der Waals surface area contributed by atoms with Gasteiger partial charge in [0.2, 0.25) is 11.6 Å². The van der Waals surface area contributed by atoms with E-state index in [0.717, 1.165) is 5.82 Å². The van der Waals surface area contributed by atoms with Gasteiger partial charge in [-0.05, 0) is 6.07 Å². The number of rotatable bonds is 1. The van der Waals surface area contributed by atoms with Crippen LogP contribution in [0.15, 0.2) is 35.7 Å². The van der Waals surface area contributed by atoms with Crippen LogP contribution < -0.4 is 15.5 Å². The maximum atomic E-state index is 14.1. The summed E-state index contributed by atoms with van der Waals surface area (Å²) in [6, 6.07) is 8.32. The zero-order valence-corrected chi connectivity index (χ0v) is 10.7. The number of aromatic nitrogens is 2. The number of hydrogen-bond donors (Lipinski definition) is 2. The molecule has 4 N–H and O–H groups in total. The molecule has 2 aromatic rings. The molecule has 1 unspecified atom stereocenters. The fourth-order valence-corrected chi connectivity index (χ4v) is 2.40. The Morgan fingerprint density at radius 2 is 2.20 bits per heavy atom. The van der Waals surface area contributed by atoms with E-state index >= 15 is 0 Å². The highest BCUT2D eigenvalue weighted by atomic mass is 19.1. The maximum absolute atomic E-state index is 14.1. The van der Waals surface area contributed by atoms with Gasteiger partial charge in [-0.3, -0.25) is 0 Å². The molecule has 20 heavy (non-hydrogen) atoms. The van der Waals surface area contributed by atoms with Gasteiger partial charge in [-0.2, -0.15) is 5.26 Å². The van der Waals surface area contributed by atoms with Crippen molar-refractivity contribution < 1.29 is 14.1 Å². The number of ether oxygens (including phenoxy) is 1. The first-order valence-electron chi connectivity index (χ1n) is 6.05. The lowest BCUT2D eigenvalue weighted by Crippen LogP contribution is -2.24. The Kier molecular flexibility index (Phi) is 2.68. The number of hydrogen-bond acceptors (Lipinski definition) is 3. The summed E-state index contributed by atoms with van der Waals surface area (Å²) in [5.41, 5.74) is 6.94. The van der Waals surface area contributed by atoms with E-state index < -0.39 is 11.7 Å². The van der Waals surface area contributed by atoms with Crippen molar-refractivity contribution in [3.05, 3.63) is 58.6 Å². The summed E-state index contributed by atoms with van der Waals surface area (Å²) in [7, 11) is 0. The van der Waals surface area contributed by atoms with Gasteiger partial charge in [0.15, 0.2) is 0 Å². The van der Waals surface area contributed by atoms with Gasteiger partial charge in [0.1, 0.15) is 17.5 Å². The van der Waals surface area contributed by atoms with Crippen LogP contribution in [0.3, 0.4) is 0 Å². The molecule has 0 radical (unpaired) electrons.